The van der Waals surface area contributed by atoms with Gasteiger partial charge in [0.25, 0.3) is 0 Å². The lowest BCUT2D eigenvalue weighted by molar-refractivity contribution is -0.117. The van der Waals surface area contributed by atoms with Crippen molar-refractivity contribution < 1.29 is 4.79 Å². The Labute approximate surface area is 118 Å². The molecule has 4 rings (SSSR count). The van der Waals surface area contributed by atoms with Gasteiger partial charge in [0.2, 0.25) is 5.91 Å². The Bertz CT molecular complexity index is 704. The maximum absolute atomic E-state index is 11.7. The molecular formula is C17H16N2O. The lowest BCUT2D eigenvalue weighted by Gasteiger charge is -2.11. The summed E-state index contributed by atoms with van der Waals surface area (Å²) in [5, 5.41) is 0. The minimum absolute atomic E-state index is 0.169. The number of hydrogen-bond donors (Lipinski definition) is 0. The minimum atomic E-state index is 0.169. The quantitative estimate of drug-likeness (QED) is 0.835. The first-order valence-corrected chi connectivity index (χ1v) is 7.07. The SMILES string of the molecule is CN1C(=O)Cc2cc(-c3cncc(C4CC4)c3)ccc21. The van der Waals surface area contributed by atoms with Crippen LogP contribution in [0.4, 0.5) is 5.69 Å². The van der Waals surface area contributed by atoms with Crippen LogP contribution in [-0.4, -0.2) is 17.9 Å². The summed E-state index contributed by atoms with van der Waals surface area (Å²) < 4.78 is 0. The fourth-order valence-electron chi connectivity index (χ4n) is 2.91. The van der Waals surface area contributed by atoms with Gasteiger partial charge >= 0.3 is 0 Å². The van der Waals surface area contributed by atoms with Gasteiger partial charge in [-0.05, 0) is 53.6 Å². The molecule has 2 aromatic rings. The second-order valence-electron chi connectivity index (χ2n) is 5.75. The highest BCUT2D eigenvalue weighted by atomic mass is 16.2. The molecule has 3 heteroatoms. The zero-order valence-corrected chi connectivity index (χ0v) is 11.5. The first kappa shape index (κ1) is 11.6. The molecule has 1 aromatic carbocycles. The van der Waals surface area contributed by atoms with E-state index in [1.165, 1.54) is 18.4 Å². The molecule has 0 bridgehead atoms. The van der Waals surface area contributed by atoms with Crippen molar-refractivity contribution in [1.82, 2.24) is 4.98 Å². The van der Waals surface area contributed by atoms with Crippen LogP contribution in [0.3, 0.4) is 0 Å². The second-order valence-corrected chi connectivity index (χ2v) is 5.75. The smallest absolute Gasteiger partial charge is 0.231 e. The summed E-state index contributed by atoms with van der Waals surface area (Å²) in [6, 6.07) is 8.50. The summed E-state index contributed by atoms with van der Waals surface area (Å²) in [6.45, 7) is 0. The average molecular weight is 264 g/mol. The minimum Gasteiger partial charge on any atom is -0.315 e. The van der Waals surface area contributed by atoms with E-state index in [1.807, 2.05) is 25.5 Å². The number of amides is 1. The second kappa shape index (κ2) is 4.17. The van der Waals surface area contributed by atoms with Crippen molar-refractivity contribution in [3.8, 4) is 11.1 Å². The molecule has 0 radical (unpaired) electrons. The number of carbonyl (C=O) groups is 1. The maximum Gasteiger partial charge on any atom is 0.231 e. The van der Waals surface area contributed by atoms with Crippen molar-refractivity contribution in [2.45, 2.75) is 25.2 Å². The number of likely N-dealkylation sites (N-methyl/N-ethyl adjacent to an activating group) is 1. The van der Waals surface area contributed by atoms with Crippen molar-refractivity contribution in [2.75, 3.05) is 11.9 Å². The highest BCUT2D eigenvalue weighted by Gasteiger charge is 2.25. The van der Waals surface area contributed by atoms with E-state index in [9.17, 15) is 4.79 Å². The van der Waals surface area contributed by atoms with Gasteiger partial charge in [0.1, 0.15) is 0 Å². The molecule has 1 fully saturated rings. The fourth-order valence-corrected chi connectivity index (χ4v) is 2.91. The standard InChI is InChI=1S/C17H16N2O/c1-19-16-5-4-12(6-13(16)8-17(19)20)15-7-14(9-18-10-15)11-2-3-11/h4-7,9-11H,2-3,8H2,1H3. The summed E-state index contributed by atoms with van der Waals surface area (Å²) >= 11 is 0. The van der Waals surface area contributed by atoms with Crippen LogP contribution < -0.4 is 4.90 Å². The molecule has 1 aliphatic carbocycles. The van der Waals surface area contributed by atoms with Gasteiger partial charge in [-0.15, -0.1) is 0 Å². The largest absolute Gasteiger partial charge is 0.315 e. The van der Waals surface area contributed by atoms with Crippen LogP contribution >= 0.6 is 0 Å². The van der Waals surface area contributed by atoms with Gasteiger partial charge in [0, 0.05) is 30.7 Å². The van der Waals surface area contributed by atoms with Crippen molar-refractivity contribution in [1.29, 1.82) is 0 Å². The molecule has 2 heterocycles. The number of carbonyl (C=O) groups excluding carboxylic acids is 1. The Hall–Kier alpha value is -2.16. The zero-order chi connectivity index (χ0) is 13.7. The monoisotopic (exact) mass is 264 g/mol. The van der Waals surface area contributed by atoms with Crippen molar-refractivity contribution in [2.24, 2.45) is 0 Å². The lowest BCUT2D eigenvalue weighted by atomic mass is 10.0. The lowest BCUT2D eigenvalue weighted by Crippen LogP contribution is -2.20. The van der Waals surface area contributed by atoms with Gasteiger partial charge < -0.3 is 4.90 Å². The van der Waals surface area contributed by atoms with Crippen LogP contribution in [0.1, 0.15) is 29.9 Å². The van der Waals surface area contributed by atoms with Crippen molar-refractivity contribution in [3.63, 3.8) is 0 Å². The predicted molar refractivity (Wildman–Crippen MR) is 78.8 cm³/mol. The third-order valence-corrected chi connectivity index (χ3v) is 4.30. The molecule has 0 spiro atoms. The fraction of sp³-hybridized carbons (Fsp3) is 0.294. The first-order chi connectivity index (χ1) is 9.72. The molecule has 100 valence electrons. The Morgan fingerprint density at radius 3 is 2.80 bits per heavy atom. The number of benzene rings is 1. The Morgan fingerprint density at radius 1 is 1.15 bits per heavy atom. The summed E-state index contributed by atoms with van der Waals surface area (Å²) in [5.41, 5.74) is 5.80. The average Bonchev–Trinajstić information content (AvgIpc) is 3.27. The first-order valence-electron chi connectivity index (χ1n) is 7.07. The number of nitrogens with zero attached hydrogens (tertiary/aromatic N) is 2. The third-order valence-electron chi connectivity index (χ3n) is 4.30. The van der Waals surface area contributed by atoms with E-state index in [-0.39, 0.29) is 5.91 Å². The highest BCUT2D eigenvalue weighted by Crippen LogP contribution is 2.41. The van der Waals surface area contributed by atoms with Gasteiger partial charge in [0.15, 0.2) is 0 Å². The maximum atomic E-state index is 11.7. The van der Waals surface area contributed by atoms with Gasteiger partial charge in [0.05, 0.1) is 6.42 Å². The van der Waals surface area contributed by atoms with Crippen LogP contribution in [0.2, 0.25) is 0 Å². The third kappa shape index (κ3) is 1.82. The Morgan fingerprint density at radius 2 is 2.00 bits per heavy atom. The number of anilines is 1. The number of pyridine rings is 1. The van der Waals surface area contributed by atoms with E-state index < -0.39 is 0 Å². The van der Waals surface area contributed by atoms with Crippen LogP contribution in [0.5, 0.6) is 0 Å². The molecule has 0 atom stereocenters. The van der Waals surface area contributed by atoms with Crippen LogP contribution in [0.15, 0.2) is 36.7 Å². The van der Waals surface area contributed by atoms with E-state index in [0.29, 0.717) is 12.3 Å². The summed E-state index contributed by atoms with van der Waals surface area (Å²) in [7, 11) is 1.84. The van der Waals surface area contributed by atoms with E-state index in [1.54, 1.807) is 4.90 Å². The molecule has 0 N–H and O–H groups in total. The van der Waals surface area contributed by atoms with Crippen LogP contribution in [0, 0.1) is 0 Å². The predicted octanol–water partition coefficient (Wildman–Crippen LogP) is 3.14. The van der Waals surface area contributed by atoms with Gasteiger partial charge in [-0.1, -0.05) is 6.07 Å². The molecule has 1 aromatic heterocycles. The molecule has 0 saturated heterocycles. The van der Waals surface area contributed by atoms with Crippen molar-refractivity contribution in [3.05, 3.63) is 47.8 Å². The molecule has 3 nitrogen and oxygen atoms in total. The van der Waals surface area contributed by atoms with E-state index >= 15 is 0 Å². The molecule has 2 aliphatic rings. The molecule has 1 amide bonds. The summed E-state index contributed by atoms with van der Waals surface area (Å²) in [6.07, 6.45) is 6.97. The Kier molecular flexibility index (Phi) is 2.43. The number of aromatic nitrogens is 1. The molecular weight excluding hydrogens is 248 g/mol. The van der Waals surface area contributed by atoms with E-state index in [4.69, 9.17) is 0 Å². The van der Waals surface area contributed by atoms with E-state index in [2.05, 4.69) is 23.2 Å². The van der Waals surface area contributed by atoms with Gasteiger partial charge in [-0.3, -0.25) is 9.78 Å². The Balaban J connectivity index is 1.74. The zero-order valence-electron chi connectivity index (χ0n) is 11.5. The molecule has 1 aliphatic heterocycles. The van der Waals surface area contributed by atoms with Gasteiger partial charge in [-0.25, -0.2) is 0 Å². The molecule has 0 unspecified atom stereocenters. The van der Waals surface area contributed by atoms with Crippen LogP contribution in [-0.2, 0) is 11.2 Å². The number of rotatable bonds is 2. The van der Waals surface area contributed by atoms with Crippen LogP contribution in [0.25, 0.3) is 11.1 Å². The number of fused-ring (bicyclic) bond motifs is 1. The highest BCUT2D eigenvalue weighted by molar-refractivity contribution is 6.01. The molecule has 20 heavy (non-hydrogen) atoms. The molecule has 1 saturated carbocycles. The normalized spacial score (nSPS) is 17.4. The van der Waals surface area contributed by atoms with Crippen molar-refractivity contribution >= 4 is 11.6 Å². The number of hydrogen-bond acceptors (Lipinski definition) is 2. The summed E-state index contributed by atoms with van der Waals surface area (Å²) in [4.78, 5) is 17.8. The van der Waals surface area contributed by atoms with Gasteiger partial charge in [-0.2, -0.15) is 0 Å². The topological polar surface area (TPSA) is 33.2 Å². The van der Waals surface area contributed by atoms with E-state index in [0.717, 1.165) is 22.4 Å². The summed E-state index contributed by atoms with van der Waals surface area (Å²) in [5.74, 6) is 0.881.